The summed E-state index contributed by atoms with van der Waals surface area (Å²) in [6.07, 6.45) is 0. The molecule has 8 heteroatoms. The number of aryl methyl sites for hydroxylation is 1. The predicted octanol–water partition coefficient (Wildman–Crippen LogP) is 2.96. The van der Waals surface area contributed by atoms with Gasteiger partial charge < -0.3 is 10.1 Å². The van der Waals surface area contributed by atoms with E-state index in [0.29, 0.717) is 10.7 Å². The van der Waals surface area contributed by atoms with Gasteiger partial charge in [-0.1, -0.05) is 29.8 Å². The van der Waals surface area contributed by atoms with Gasteiger partial charge in [0.15, 0.2) is 0 Å². The Morgan fingerprint density at radius 3 is 2.52 bits per heavy atom. The summed E-state index contributed by atoms with van der Waals surface area (Å²) < 4.78 is 32.7. The number of para-hydroxylation sites is 1. The number of halogens is 1. The molecule has 0 aliphatic rings. The Morgan fingerprint density at radius 1 is 1.20 bits per heavy atom. The maximum absolute atomic E-state index is 12.6. The van der Waals surface area contributed by atoms with Crippen molar-refractivity contribution in [1.29, 1.82) is 0 Å². The first-order chi connectivity index (χ1) is 11.7. The van der Waals surface area contributed by atoms with E-state index in [1.807, 2.05) is 0 Å². The van der Waals surface area contributed by atoms with Crippen LogP contribution >= 0.6 is 11.6 Å². The Kier molecular flexibility index (Phi) is 6.05. The second-order valence-corrected chi connectivity index (χ2v) is 7.56. The summed E-state index contributed by atoms with van der Waals surface area (Å²) in [5.74, 6) is -0.319. The summed E-state index contributed by atoms with van der Waals surface area (Å²) in [5.41, 5.74) is 1.17. The highest BCUT2D eigenvalue weighted by Gasteiger charge is 2.25. The minimum Gasteiger partial charge on any atom is -0.495 e. The van der Waals surface area contributed by atoms with Gasteiger partial charge in [-0.05, 0) is 43.7 Å². The van der Waals surface area contributed by atoms with Crippen molar-refractivity contribution in [3.05, 3.63) is 53.1 Å². The van der Waals surface area contributed by atoms with Gasteiger partial charge in [-0.2, -0.15) is 4.72 Å². The Balaban J connectivity index is 2.19. The molecule has 0 bridgehead atoms. The highest BCUT2D eigenvalue weighted by atomic mass is 35.5. The average molecular weight is 383 g/mol. The number of anilines is 1. The van der Waals surface area contributed by atoms with Crippen molar-refractivity contribution in [2.24, 2.45) is 0 Å². The van der Waals surface area contributed by atoms with Crippen LogP contribution in [0.5, 0.6) is 5.75 Å². The molecule has 0 saturated carbocycles. The molecule has 2 N–H and O–H groups in total. The standard InChI is InChI=1S/C17H19ClN2O4S/c1-11-8-9-15(24-3)16(10-11)25(22,23)20-12(2)17(21)19-14-7-5-4-6-13(14)18/h4-10,12,20H,1-3H3,(H,19,21). The lowest BCUT2D eigenvalue weighted by molar-refractivity contribution is -0.117. The van der Waals surface area contributed by atoms with Crippen LogP contribution in [0.25, 0.3) is 0 Å². The van der Waals surface area contributed by atoms with E-state index in [4.69, 9.17) is 16.3 Å². The molecule has 0 aromatic heterocycles. The third-order valence-corrected chi connectivity index (χ3v) is 5.36. The number of carbonyl (C=O) groups excluding carboxylic acids is 1. The lowest BCUT2D eigenvalue weighted by Crippen LogP contribution is -2.41. The van der Waals surface area contributed by atoms with Crippen molar-refractivity contribution >= 4 is 33.2 Å². The number of carbonyl (C=O) groups is 1. The zero-order valence-electron chi connectivity index (χ0n) is 14.0. The van der Waals surface area contributed by atoms with E-state index < -0.39 is 22.0 Å². The van der Waals surface area contributed by atoms with Crippen molar-refractivity contribution in [3.8, 4) is 5.75 Å². The van der Waals surface area contributed by atoms with Crippen LogP contribution in [0.15, 0.2) is 47.4 Å². The van der Waals surface area contributed by atoms with Gasteiger partial charge in [-0.15, -0.1) is 0 Å². The van der Waals surface area contributed by atoms with Crippen molar-refractivity contribution < 1.29 is 17.9 Å². The van der Waals surface area contributed by atoms with Gasteiger partial charge in [0, 0.05) is 0 Å². The van der Waals surface area contributed by atoms with Crippen LogP contribution in [0.4, 0.5) is 5.69 Å². The Morgan fingerprint density at radius 2 is 1.88 bits per heavy atom. The molecule has 0 heterocycles. The van der Waals surface area contributed by atoms with E-state index in [-0.39, 0.29) is 10.6 Å². The summed E-state index contributed by atoms with van der Waals surface area (Å²) in [6, 6.07) is 10.5. The molecule has 6 nitrogen and oxygen atoms in total. The van der Waals surface area contributed by atoms with Crippen LogP contribution in [0.2, 0.25) is 5.02 Å². The van der Waals surface area contributed by atoms with Crippen LogP contribution in [-0.4, -0.2) is 27.5 Å². The first-order valence-corrected chi connectivity index (χ1v) is 9.33. The molecule has 0 spiro atoms. The van der Waals surface area contributed by atoms with Gasteiger partial charge in [0.05, 0.1) is 23.9 Å². The number of nitrogens with one attached hydrogen (secondary N) is 2. The van der Waals surface area contributed by atoms with Crippen molar-refractivity contribution in [1.82, 2.24) is 4.72 Å². The number of benzene rings is 2. The summed E-state index contributed by atoms with van der Waals surface area (Å²) in [5, 5.41) is 2.96. The quantitative estimate of drug-likeness (QED) is 0.804. The lowest BCUT2D eigenvalue weighted by atomic mass is 10.2. The van der Waals surface area contributed by atoms with E-state index in [1.165, 1.54) is 20.1 Å². The second-order valence-electron chi connectivity index (χ2n) is 5.47. The third-order valence-electron chi connectivity index (χ3n) is 3.47. The van der Waals surface area contributed by atoms with Gasteiger partial charge >= 0.3 is 0 Å². The molecule has 1 amide bonds. The van der Waals surface area contributed by atoms with Gasteiger partial charge in [-0.3, -0.25) is 4.79 Å². The zero-order valence-corrected chi connectivity index (χ0v) is 15.6. The molecule has 0 fully saturated rings. The average Bonchev–Trinajstić information content (AvgIpc) is 2.56. The smallest absolute Gasteiger partial charge is 0.244 e. The zero-order chi connectivity index (χ0) is 18.6. The Hall–Kier alpha value is -2.09. The van der Waals surface area contributed by atoms with Gasteiger partial charge in [0.2, 0.25) is 15.9 Å². The maximum atomic E-state index is 12.6. The second kappa shape index (κ2) is 7.86. The van der Waals surface area contributed by atoms with Crippen LogP contribution in [0.1, 0.15) is 12.5 Å². The fraction of sp³-hybridized carbons (Fsp3) is 0.235. The Bertz CT molecular complexity index is 884. The molecule has 0 saturated heterocycles. The fourth-order valence-electron chi connectivity index (χ4n) is 2.15. The molecular weight excluding hydrogens is 364 g/mol. The highest BCUT2D eigenvalue weighted by molar-refractivity contribution is 7.89. The number of rotatable bonds is 6. The molecule has 2 rings (SSSR count). The van der Waals surface area contributed by atoms with E-state index in [2.05, 4.69) is 10.0 Å². The number of ether oxygens (including phenoxy) is 1. The topological polar surface area (TPSA) is 84.5 Å². The van der Waals surface area contributed by atoms with Crippen LogP contribution in [0, 0.1) is 6.92 Å². The number of methoxy groups -OCH3 is 1. The molecule has 1 atom stereocenters. The largest absolute Gasteiger partial charge is 0.495 e. The molecule has 134 valence electrons. The number of hydrogen-bond donors (Lipinski definition) is 2. The molecular formula is C17H19ClN2O4S. The first-order valence-electron chi connectivity index (χ1n) is 7.47. The van der Waals surface area contributed by atoms with E-state index in [9.17, 15) is 13.2 Å². The molecule has 0 aliphatic carbocycles. The highest BCUT2D eigenvalue weighted by Crippen LogP contribution is 2.25. The number of hydrogen-bond acceptors (Lipinski definition) is 4. The van der Waals surface area contributed by atoms with Crippen LogP contribution in [-0.2, 0) is 14.8 Å². The summed E-state index contributed by atoms with van der Waals surface area (Å²) in [4.78, 5) is 12.2. The van der Waals surface area contributed by atoms with Crippen LogP contribution < -0.4 is 14.8 Å². The molecule has 2 aromatic carbocycles. The summed E-state index contributed by atoms with van der Waals surface area (Å²) >= 11 is 5.99. The van der Waals surface area contributed by atoms with E-state index in [0.717, 1.165) is 5.56 Å². The van der Waals surface area contributed by atoms with Gasteiger partial charge in [0.25, 0.3) is 0 Å². The normalized spacial score (nSPS) is 12.5. The molecule has 1 unspecified atom stereocenters. The molecule has 2 aromatic rings. The minimum absolute atomic E-state index is 0.0209. The Labute approximate surface area is 152 Å². The van der Waals surface area contributed by atoms with Crippen molar-refractivity contribution in [2.75, 3.05) is 12.4 Å². The monoisotopic (exact) mass is 382 g/mol. The lowest BCUT2D eigenvalue weighted by Gasteiger charge is -2.16. The number of sulfonamides is 1. The summed E-state index contributed by atoms with van der Waals surface area (Å²) in [7, 11) is -2.55. The minimum atomic E-state index is -3.94. The number of amides is 1. The van der Waals surface area contributed by atoms with Crippen molar-refractivity contribution in [3.63, 3.8) is 0 Å². The molecule has 0 aliphatic heterocycles. The molecule has 25 heavy (non-hydrogen) atoms. The SMILES string of the molecule is COc1ccc(C)cc1S(=O)(=O)NC(C)C(=O)Nc1ccccc1Cl. The van der Waals surface area contributed by atoms with E-state index in [1.54, 1.807) is 43.3 Å². The third kappa shape index (κ3) is 4.72. The van der Waals surface area contributed by atoms with Gasteiger partial charge in [0.1, 0.15) is 10.6 Å². The molecule has 0 radical (unpaired) electrons. The maximum Gasteiger partial charge on any atom is 0.244 e. The van der Waals surface area contributed by atoms with Crippen LogP contribution in [0.3, 0.4) is 0 Å². The summed E-state index contributed by atoms with van der Waals surface area (Å²) in [6.45, 7) is 3.22. The van der Waals surface area contributed by atoms with Crippen molar-refractivity contribution in [2.45, 2.75) is 24.8 Å². The van der Waals surface area contributed by atoms with Gasteiger partial charge in [-0.25, -0.2) is 8.42 Å². The predicted molar refractivity (Wildman–Crippen MR) is 97.6 cm³/mol. The van der Waals surface area contributed by atoms with E-state index >= 15 is 0 Å². The first kappa shape index (κ1) is 19.2. The fourth-order valence-corrected chi connectivity index (χ4v) is 3.79.